The van der Waals surface area contributed by atoms with E-state index in [2.05, 4.69) is 36.3 Å². The molecule has 0 saturated carbocycles. The first-order chi connectivity index (χ1) is 34.6. The van der Waals surface area contributed by atoms with Crippen LogP contribution in [0.2, 0.25) is 10.0 Å². The molecule has 15 nitrogen and oxygen atoms in total. The largest absolute Gasteiger partial charge is 0.475 e. The number of nitrogens with one attached hydrogen (secondary N) is 1. The number of alkyl halides is 1. The van der Waals surface area contributed by atoms with Crippen LogP contribution < -0.4 is 22.5 Å². The molecule has 0 aliphatic rings. The number of anilines is 2. The number of benzene rings is 2. The van der Waals surface area contributed by atoms with Crippen LogP contribution in [-0.2, 0) is 25.9 Å². The van der Waals surface area contributed by atoms with Crippen molar-refractivity contribution in [3.8, 4) is 0 Å². The van der Waals surface area contributed by atoms with Crippen LogP contribution in [0, 0.1) is 27.7 Å². The van der Waals surface area contributed by atoms with Crippen LogP contribution in [0.4, 0.5) is 16.0 Å². The number of aryl methyl sites for hydroxylation is 4. The van der Waals surface area contributed by atoms with Crippen LogP contribution in [0.5, 0.6) is 0 Å². The summed E-state index contributed by atoms with van der Waals surface area (Å²) in [4.78, 5) is 50.6. The van der Waals surface area contributed by atoms with Gasteiger partial charge in [0.05, 0.1) is 52.0 Å². The lowest BCUT2D eigenvalue weighted by Crippen LogP contribution is -2.26. The number of amides is 1. The third kappa shape index (κ3) is 12.3. The van der Waals surface area contributed by atoms with E-state index in [0.29, 0.717) is 53.4 Å². The summed E-state index contributed by atoms with van der Waals surface area (Å²) in [7, 11) is -1.00. The number of nitrogens with two attached hydrogens (primary N) is 3. The van der Waals surface area contributed by atoms with Gasteiger partial charge in [0.25, 0.3) is 5.91 Å². The van der Waals surface area contributed by atoms with Gasteiger partial charge in [-0.25, -0.2) is 24.7 Å². The lowest BCUT2D eigenvalue weighted by molar-refractivity contribution is 0.0682. The predicted molar refractivity (Wildman–Crippen MR) is 286 cm³/mol. The number of hydrogen-bond donors (Lipinski definition) is 5. The number of carboxylic acid groups (broad SMARTS) is 1. The number of aromatic nitrogens is 8. The van der Waals surface area contributed by atoms with Gasteiger partial charge in [-0.05, 0) is 134 Å². The van der Waals surface area contributed by atoms with E-state index in [1.54, 1.807) is 29.1 Å². The number of nitrogens with zero attached hydrogens (tertiary/aromatic N) is 8. The number of carboxylic acids is 1. The van der Waals surface area contributed by atoms with Crippen molar-refractivity contribution in [1.29, 1.82) is 0 Å². The minimum atomic E-state index is -1.04. The highest BCUT2D eigenvalue weighted by atomic mass is 35.5. The average molecular weight is 1010 g/mol. The SMILES string of the molecule is C.Cc1cc(N)nc(C)c1CN.Cc1cc(N)nc(C)c1CNC(=O)c1nc(Cc2ccc3ncc(Cl)cc3c2)c2ccccn12.O=C(O)c1nc(Cc2ccc3ncc(Cl)cc3c2)c2ccccn12.[2H]CF. The third-order valence-electron chi connectivity index (χ3n) is 11.6. The Bertz CT molecular complexity index is 3560. The lowest BCUT2D eigenvalue weighted by Gasteiger charge is -2.11. The molecule has 0 aliphatic carbocycles. The number of hydrogen-bond acceptors (Lipinski definition) is 11. The lowest BCUT2D eigenvalue weighted by atomic mass is 10.1. The summed E-state index contributed by atoms with van der Waals surface area (Å²) in [5.74, 6) is 0.105. The first kappa shape index (κ1) is 51.8. The highest BCUT2D eigenvalue weighted by Gasteiger charge is 2.19. The maximum absolute atomic E-state index is 13.1. The molecule has 2 aromatic carbocycles. The maximum Gasteiger partial charge on any atom is 0.372 e. The van der Waals surface area contributed by atoms with Gasteiger partial charge < -0.3 is 27.6 Å². The predicted octanol–water partition coefficient (Wildman–Crippen LogP) is 10.4. The summed E-state index contributed by atoms with van der Waals surface area (Å²) >= 11 is 12.1. The minimum absolute atomic E-state index is 0. The fourth-order valence-corrected chi connectivity index (χ4v) is 8.62. The monoisotopic (exact) mass is 1010 g/mol. The standard InChI is InChI=1S/C26H23ClN6O.C18H12ClN3O2.C8H13N3.CH3F.CH4/c1-15-9-24(28)31-16(2)20(15)14-30-26(34)25-32-22(23-5-3-4-8-33(23)25)11-17-6-7-21-18(10-17)12-19(27)13-29-21;19-13-9-12-7-11(4-5-14(12)20-10-13)8-15-16-3-1-2-6-22(16)17(21-15)18(23)24;1-5-3-8(10)11-6(2)7(5)4-9;1-2;/h3-10,12-13H,11,14H2,1-2H3,(H2,28,31)(H,30,34);1-7,9-10H,8H2,(H,23,24);3H,4,9H2,1-2H3,(H2,10,11);1H3;1H4/i;;;1D;. The van der Waals surface area contributed by atoms with Crippen LogP contribution in [0.15, 0.2) is 122 Å². The van der Waals surface area contributed by atoms with Gasteiger partial charge >= 0.3 is 5.97 Å². The summed E-state index contributed by atoms with van der Waals surface area (Å²) in [6, 6.07) is 30.7. The quantitative estimate of drug-likeness (QED) is 0.0909. The molecule has 8 heterocycles. The van der Waals surface area contributed by atoms with Gasteiger partial charge in [0.1, 0.15) is 11.6 Å². The Hall–Kier alpha value is -8.05. The van der Waals surface area contributed by atoms with Crippen molar-refractivity contribution in [1.82, 2.24) is 44.0 Å². The van der Waals surface area contributed by atoms with E-state index in [-0.39, 0.29) is 19.2 Å². The molecule has 0 spiro atoms. The Morgan fingerprint density at radius 3 is 1.60 bits per heavy atom. The number of carbonyl (C=O) groups excluding carboxylic acids is 1. The first-order valence-corrected chi connectivity index (χ1v) is 22.8. The summed E-state index contributed by atoms with van der Waals surface area (Å²) in [5.41, 5.74) is 29.8. The molecule has 10 aromatic rings. The van der Waals surface area contributed by atoms with Crippen molar-refractivity contribution < 1.29 is 20.5 Å². The summed E-state index contributed by atoms with van der Waals surface area (Å²) in [6.45, 7) is 8.64. The maximum atomic E-state index is 13.1. The summed E-state index contributed by atoms with van der Waals surface area (Å²) in [5, 5.41) is 15.4. The fraction of sp³-hybridized carbons (Fsp3) is 0.185. The normalized spacial score (nSPS) is 10.9. The number of fused-ring (bicyclic) bond motifs is 4. The van der Waals surface area contributed by atoms with Crippen LogP contribution in [0.3, 0.4) is 0 Å². The van der Waals surface area contributed by atoms with Crippen molar-refractivity contribution in [3.05, 3.63) is 200 Å². The number of pyridine rings is 6. The van der Waals surface area contributed by atoms with E-state index in [1.165, 1.54) is 0 Å². The number of imidazole rings is 2. The number of rotatable bonds is 9. The van der Waals surface area contributed by atoms with Crippen molar-refractivity contribution in [2.45, 2.75) is 61.1 Å². The van der Waals surface area contributed by atoms with E-state index in [1.807, 2.05) is 123 Å². The zero-order chi connectivity index (χ0) is 51.6. The van der Waals surface area contributed by atoms with E-state index < -0.39 is 13.1 Å². The van der Waals surface area contributed by atoms with E-state index in [0.717, 1.165) is 89.0 Å². The molecular formula is C54H55Cl2FN12O3. The molecule has 0 bridgehead atoms. The van der Waals surface area contributed by atoms with Crippen LogP contribution in [-0.4, -0.2) is 62.8 Å². The average Bonchev–Trinajstić information content (AvgIpc) is 3.90. The Labute approximate surface area is 427 Å². The molecule has 0 saturated heterocycles. The molecule has 8 N–H and O–H groups in total. The van der Waals surface area contributed by atoms with E-state index in [9.17, 15) is 19.1 Å². The molecule has 18 heteroatoms. The number of nitrogen functional groups attached to an aromatic ring is 2. The molecule has 1 amide bonds. The smallest absolute Gasteiger partial charge is 0.372 e. The zero-order valence-electron chi connectivity index (χ0n) is 40.3. The molecule has 72 heavy (non-hydrogen) atoms. The third-order valence-corrected chi connectivity index (χ3v) is 12.0. The Morgan fingerprint density at radius 1 is 0.681 bits per heavy atom. The minimum Gasteiger partial charge on any atom is -0.475 e. The van der Waals surface area contributed by atoms with Crippen molar-refractivity contribution in [2.24, 2.45) is 5.73 Å². The van der Waals surface area contributed by atoms with Gasteiger partial charge in [-0.1, -0.05) is 54.9 Å². The Kier molecular flexibility index (Phi) is 17.1. The topological polar surface area (TPSA) is 231 Å². The van der Waals surface area contributed by atoms with Gasteiger partial charge in [0.2, 0.25) is 11.6 Å². The summed E-state index contributed by atoms with van der Waals surface area (Å²) < 4.78 is 18.9. The van der Waals surface area contributed by atoms with Crippen LogP contribution >= 0.6 is 23.2 Å². The molecular weight excluding hydrogens is 955 g/mol. The zero-order valence-corrected chi connectivity index (χ0v) is 40.8. The molecule has 10 rings (SSSR count). The number of halogens is 3. The van der Waals surface area contributed by atoms with Gasteiger partial charge in [-0.15, -0.1) is 0 Å². The highest BCUT2D eigenvalue weighted by molar-refractivity contribution is 6.31. The van der Waals surface area contributed by atoms with Crippen molar-refractivity contribution >= 4 is 79.6 Å². The Balaban J connectivity index is 0.000000193. The van der Waals surface area contributed by atoms with Crippen LogP contribution in [0.1, 0.15) is 86.2 Å². The van der Waals surface area contributed by atoms with Crippen molar-refractivity contribution in [3.63, 3.8) is 0 Å². The second-order valence-corrected chi connectivity index (χ2v) is 17.3. The fourth-order valence-electron chi connectivity index (χ4n) is 8.29. The van der Waals surface area contributed by atoms with E-state index >= 15 is 0 Å². The molecule has 0 aliphatic heterocycles. The number of aromatic carboxylic acids is 1. The first-order valence-electron chi connectivity index (χ1n) is 22.8. The number of carbonyl (C=O) groups is 2. The van der Waals surface area contributed by atoms with E-state index in [4.69, 9.17) is 46.8 Å². The highest BCUT2D eigenvalue weighted by Crippen LogP contribution is 2.25. The van der Waals surface area contributed by atoms with Gasteiger partial charge in [0.15, 0.2) is 0 Å². The molecule has 0 unspecified atom stereocenters. The molecule has 0 fully saturated rings. The van der Waals surface area contributed by atoms with Gasteiger partial charge in [-0.2, -0.15) is 0 Å². The second kappa shape index (κ2) is 23.7. The summed E-state index contributed by atoms with van der Waals surface area (Å²) in [6.07, 6.45) is 7.92. The van der Waals surface area contributed by atoms with Crippen molar-refractivity contribution in [2.75, 3.05) is 18.6 Å². The molecule has 8 aromatic heterocycles. The molecule has 0 radical (unpaired) electrons. The van der Waals surface area contributed by atoms with Gasteiger partial charge in [-0.3, -0.25) is 28.0 Å². The Morgan fingerprint density at radius 2 is 1.14 bits per heavy atom. The van der Waals surface area contributed by atoms with Gasteiger partial charge in [0, 0.05) is 72.9 Å². The second-order valence-electron chi connectivity index (χ2n) is 16.4. The molecule has 370 valence electrons. The molecule has 0 atom stereocenters. The van der Waals surface area contributed by atoms with Crippen LogP contribution in [0.25, 0.3) is 32.8 Å².